The topological polar surface area (TPSA) is 97.0 Å². The van der Waals surface area contributed by atoms with Gasteiger partial charge in [-0.2, -0.15) is 0 Å². The van der Waals surface area contributed by atoms with E-state index in [1.165, 1.54) is 0 Å². The minimum absolute atomic E-state index is 0.0161. The van der Waals surface area contributed by atoms with E-state index in [1.54, 1.807) is 4.90 Å². The molecule has 31 heavy (non-hydrogen) atoms. The Morgan fingerprint density at radius 2 is 2.00 bits per heavy atom. The summed E-state index contributed by atoms with van der Waals surface area (Å²) in [6, 6.07) is 7.80. The molecule has 1 aromatic rings. The Morgan fingerprint density at radius 3 is 2.68 bits per heavy atom. The number of nitrogens with one attached hydrogen (secondary N) is 1. The van der Waals surface area contributed by atoms with E-state index in [1.807, 2.05) is 52.0 Å². The van der Waals surface area contributed by atoms with Crippen LogP contribution in [-0.4, -0.2) is 40.4 Å². The van der Waals surface area contributed by atoms with E-state index in [2.05, 4.69) is 10.3 Å². The second kappa shape index (κ2) is 7.84. The van der Waals surface area contributed by atoms with Crippen molar-refractivity contribution in [2.45, 2.75) is 77.0 Å². The fourth-order valence-electron chi connectivity index (χ4n) is 4.92. The van der Waals surface area contributed by atoms with Gasteiger partial charge in [0.1, 0.15) is 11.4 Å². The van der Waals surface area contributed by atoms with Crippen LogP contribution in [0.4, 0.5) is 0 Å². The number of carbonyl (C=O) groups is 2. The first-order chi connectivity index (χ1) is 14.7. The van der Waals surface area contributed by atoms with Crippen molar-refractivity contribution in [2.75, 3.05) is 6.54 Å². The lowest BCUT2D eigenvalue weighted by atomic mass is 9.88. The fourth-order valence-corrected chi connectivity index (χ4v) is 4.92. The van der Waals surface area contributed by atoms with Crippen molar-refractivity contribution in [2.24, 2.45) is 22.6 Å². The Balaban J connectivity index is 1.39. The first-order valence-corrected chi connectivity index (χ1v) is 11.4. The lowest BCUT2D eigenvalue weighted by Gasteiger charge is -2.38. The Kier molecular flexibility index (Phi) is 5.48. The van der Waals surface area contributed by atoms with Crippen LogP contribution >= 0.6 is 0 Å². The summed E-state index contributed by atoms with van der Waals surface area (Å²) in [5, 5.41) is 3.23. The van der Waals surface area contributed by atoms with Crippen LogP contribution in [0.2, 0.25) is 0 Å². The molecule has 2 heterocycles. The number of ether oxygens (including phenoxy) is 1. The van der Waals surface area contributed by atoms with Gasteiger partial charge < -0.3 is 15.8 Å². The number of rotatable bonds is 6. The summed E-state index contributed by atoms with van der Waals surface area (Å²) in [7, 11) is 0. The molecule has 0 radical (unpaired) electrons. The Bertz CT molecular complexity index is 906. The molecule has 7 nitrogen and oxygen atoms in total. The highest BCUT2D eigenvalue weighted by Crippen LogP contribution is 2.43. The van der Waals surface area contributed by atoms with E-state index < -0.39 is 0 Å². The van der Waals surface area contributed by atoms with Gasteiger partial charge in [0.2, 0.25) is 11.8 Å². The first-order valence-electron chi connectivity index (χ1n) is 11.4. The molecule has 3 N–H and O–H groups in total. The molecular formula is C24H34N4O3. The number of nitrogens with two attached hydrogens (primary N) is 1. The number of amides is 2. The number of benzene rings is 1. The van der Waals surface area contributed by atoms with Crippen molar-refractivity contribution in [1.29, 1.82) is 0 Å². The van der Waals surface area contributed by atoms with Gasteiger partial charge in [-0.05, 0) is 45.1 Å². The number of aliphatic imine (C=N–C) groups is 1. The van der Waals surface area contributed by atoms with Crippen molar-refractivity contribution in [3.8, 4) is 5.75 Å². The average Bonchev–Trinajstić information content (AvgIpc) is 3.49. The number of carbonyl (C=O) groups excluding carboxylic acids is 2. The molecule has 0 spiro atoms. The fraction of sp³-hybridized carbons (Fsp3) is 0.625. The van der Waals surface area contributed by atoms with Crippen molar-refractivity contribution in [3.05, 3.63) is 29.8 Å². The van der Waals surface area contributed by atoms with Crippen molar-refractivity contribution in [1.82, 2.24) is 10.2 Å². The van der Waals surface area contributed by atoms with Crippen LogP contribution in [0, 0.1) is 11.8 Å². The molecule has 0 saturated heterocycles. The van der Waals surface area contributed by atoms with E-state index in [0.717, 1.165) is 30.6 Å². The summed E-state index contributed by atoms with van der Waals surface area (Å²) in [6.07, 6.45) is 3.46. The predicted octanol–water partition coefficient (Wildman–Crippen LogP) is 3.15. The van der Waals surface area contributed by atoms with Crippen LogP contribution in [-0.2, 0) is 9.59 Å². The third-order valence-electron chi connectivity index (χ3n) is 7.10. The molecular weight excluding hydrogens is 392 g/mol. The predicted molar refractivity (Wildman–Crippen MR) is 120 cm³/mol. The summed E-state index contributed by atoms with van der Waals surface area (Å²) in [5.41, 5.74) is 6.47. The SMILES string of the molecule is CCC1(CC)CC(=O)N(C[C@H]2C[C@@H]2C(=O)N[C@H]2CC(C)(C)Oc3ccccc32)C(N)=N1. The van der Waals surface area contributed by atoms with Crippen molar-refractivity contribution < 1.29 is 14.3 Å². The Hall–Kier alpha value is -2.57. The smallest absolute Gasteiger partial charge is 0.231 e. The lowest BCUT2D eigenvalue weighted by Crippen LogP contribution is -2.52. The van der Waals surface area contributed by atoms with Gasteiger partial charge in [-0.1, -0.05) is 32.0 Å². The normalized spacial score (nSPS) is 28.3. The summed E-state index contributed by atoms with van der Waals surface area (Å²) in [6.45, 7) is 8.63. The zero-order valence-corrected chi connectivity index (χ0v) is 19.0. The summed E-state index contributed by atoms with van der Waals surface area (Å²) in [4.78, 5) is 32.0. The Labute approximate surface area is 184 Å². The molecule has 1 aromatic carbocycles. The number of nitrogens with zero attached hydrogens (tertiary/aromatic N) is 2. The molecule has 7 heteroatoms. The van der Waals surface area contributed by atoms with Crippen LogP contribution in [0.25, 0.3) is 0 Å². The second-order valence-electron chi connectivity index (χ2n) is 9.85. The van der Waals surface area contributed by atoms with E-state index in [-0.39, 0.29) is 40.8 Å². The van der Waals surface area contributed by atoms with Gasteiger partial charge >= 0.3 is 0 Å². The van der Waals surface area contributed by atoms with Gasteiger partial charge in [-0.3, -0.25) is 14.5 Å². The molecule has 0 aromatic heterocycles. The number of para-hydroxylation sites is 1. The highest BCUT2D eigenvalue weighted by Gasteiger charge is 2.47. The molecule has 168 valence electrons. The second-order valence-corrected chi connectivity index (χ2v) is 9.85. The number of guanidine groups is 1. The molecule has 0 bridgehead atoms. The zero-order valence-electron chi connectivity index (χ0n) is 19.0. The minimum atomic E-state index is -0.374. The first kappa shape index (κ1) is 21.7. The van der Waals surface area contributed by atoms with Crippen LogP contribution in [0.5, 0.6) is 5.75 Å². The maximum atomic E-state index is 13.0. The maximum Gasteiger partial charge on any atom is 0.231 e. The van der Waals surface area contributed by atoms with Crippen molar-refractivity contribution >= 4 is 17.8 Å². The standard InChI is InChI=1S/C24H34N4O3/c1-5-24(6-2)13-20(29)28(22(25)27-24)14-15-11-17(15)21(30)26-18-12-23(3,4)31-19-10-8-7-9-16(18)19/h7-10,15,17-18H,5-6,11-14H2,1-4H3,(H2,25,27)(H,26,30)/t15-,17+,18+/m1/s1. The van der Waals surface area contributed by atoms with Gasteiger partial charge in [0.15, 0.2) is 5.96 Å². The van der Waals surface area contributed by atoms with E-state index >= 15 is 0 Å². The molecule has 1 fully saturated rings. The van der Waals surface area contributed by atoms with Crippen molar-refractivity contribution in [3.63, 3.8) is 0 Å². The maximum absolute atomic E-state index is 13.0. The van der Waals surface area contributed by atoms with Gasteiger partial charge in [-0.15, -0.1) is 0 Å². The van der Waals surface area contributed by atoms with E-state index in [4.69, 9.17) is 10.5 Å². The van der Waals surface area contributed by atoms with Crippen LogP contribution < -0.4 is 15.8 Å². The quantitative estimate of drug-likeness (QED) is 0.730. The van der Waals surface area contributed by atoms with E-state index in [9.17, 15) is 9.59 Å². The summed E-state index contributed by atoms with van der Waals surface area (Å²) < 4.78 is 6.07. The minimum Gasteiger partial charge on any atom is -0.487 e. The van der Waals surface area contributed by atoms with E-state index in [0.29, 0.717) is 25.3 Å². The monoisotopic (exact) mass is 426 g/mol. The third-order valence-corrected chi connectivity index (χ3v) is 7.10. The van der Waals surface area contributed by atoms with Gasteiger partial charge in [-0.25, -0.2) is 4.99 Å². The van der Waals surface area contributed by atoms with Crippen LogP contribution in [0.3, 0.4) is 0 Å². The largest absolute Gasteiger partial charge is 0.487 e. The molecule has 3 aliphatic rings. The van der Waals surface area contributed by atoms with Gasteiger partial charge in [0, 0.05) is 24.4 Å². The molecule has 2 amide bonds. The molecule has 2 aliphatic heterocycles. The molecule has 4 rings (SSSR count). The highest BCUT2D eigenvalue weighted by atomic mass is 16.5. The number of hydrogen-bond donors (Lipinski definition) is 2. The summed E-state index contributed by atoms with van der Waals surface area (Å²) in [5.74, 6) is 1.21. The van der Waals surface area contributed by atoms with Crippen LogP contribution in [0.15, 0.2) is 29.3 Å². The Morgan fingerprint density at radius 1 is 1.29 bits per heavy atom. The van der Waals surface area contributed by atoms with Gasteiger partial charge in [0.05, 0.1) is 18.0 Å². The van der Waals surface area contributed by atoms with Gasteiger partial charge in [0.25, 0.3) is 0 Å². The third kappa shape index (κ3) is 4.27. The highest BCUT2D eigenvalue weighted by molar-refractivity contribution is 5.99. The molecule has 1 aliphatic carbocycles. The molecule has 1 saturated carbocycles. The summed E-state index contributed by atoms with van der Waals surface area (Å²) >= 11 is 0. The lowest BCUT2D eigenvalue weighted by molar-refractivity contribution is -0.130. The number of fused-ring (bicyclic) bond motifs is 1. The molecule has 3 atom stereocenters. The number of hydrogen-bond acceptors (Lipinski definition) is 5. The molecule has 0 unspecified atom stereocenters. The zero-order chi connectivity index (χ0) is 22.4. The average molecular weight is 427 g/mol. The van der Waals surface area contributed by atoms with Crippen LogP contribution in [0.1, 0.15) is 71.4 Å².